The lowest BCUT2D eigenvalue weighted by molar-refractivity contribution is 0.0697. The third kappa shape index (κ3) is 5.75. The van der Waals surface area contributed by atoms with Crippen molar-refractivity contribution in [2.24, 2.45) is 5.41 Å². The molecule has 5 aromatic rings. The van der Waals surface area contributed by atoms with Crippen LogP contribution in [0.25, 0.3) is 22.3 Å². The molecule has 0 saturated carbocycles. The van der Waals surface area contributed by atoms with E-state index in [9.17, 15) is 14.3 Å². The lowest BCUT2D eigenvalue weighted by Gasteiger charge is -2.28. The molecule has 7 nitrogen and oxygen atoms in total. The Kier molecular flexibility index (Phi) is 7.81. The van der Waals surface area contributed by atoms with Gasteiger partial charge < -0.3 is 19.1 Å². The first-order valence-corrected chi connectivity index (χ1v) is 14.2. The van der Waals surface area contributed by atoms with E-state index in [0.29, 0.717) is 35.6 Å². The molecule has 44 heavy (non-hydrogen) atoms. The maximum Gasteiger partial charge on any atom is 0.335 e. The fraction of sp³-hybridized carbons (Fsp3) is 0.242. The predicted molar refractivity (Wildman–Crippen MR) is 158 cm³/mol. The molecular formula is C33H27ClF3N3O4. The molecule has 2 aromatic heterocycles. The number of ether oxygens (including phenoxy) is 2. The van der Waals surface area contributed by atoms with Crippen LogP contribution in [0.2, 0.25) is 5.02 Å². The SMILES string of the molecule is CC1(C)COCC1n1c(Cc2cc(F)c(-c3cccc(OCc4ccc(F)cc4Cl)n3)cc2F)nc2ccc(C(=O)O)cc21. The molecule has 0 radical (unpaired) electrons. The smallest absolute Gasteiger partial charge is 0.335 e. The zero-order valence-electron chi connectivity index (χ0n) is 23.8. The monoisotopic (exact) mass is 621 g/mol. The highest BCUT2D eigenvalue weighted by Gasteiger charge is 2.39. The van der Waals surface area contributed by atoms with Crippen molar-refractivity contribution in [1.29, 1.82) is 0 Å². The van der Waals surface area contributed by atoms with Gasteiger partial charge in [0.1, 0.15) is 29.9 Å². The molecule has 0 bridgehead atoms. The Bertz CT molecular complexity index is 1910. The first kappa shape index (κ1) is 29.7. The van der Waals surface area contributed by atoms with Gasteiger partial charge in [-0.25, -0.2) is 27.9 Å². The number of hydrogen-bond acceptors (Lipinski definition) is 5. The third-order valence-electron chi connectivity index (χ3n) is 7.85. The Balaban J connectivity index is 1.31. The van der Waals surface area contributed by atoms with Gasteiger partial charge in [-0.1, -0.05) is 37.6 Å². The lowest BCUT2D eigenvalue weighted by atomic mass is 9.87. The maximum atomic E-state index is 15.6. The first-order chi connectivity index (χ1) is 21.0. The highest BCUT2D eigenvalue weighted by Crippen LogP contribution is 2.40. The Morgan fingerprint density at radius 1 is 1.05 bits per heavy atom. The molecule has 1 atom stereocenters. The molecule has 1 aliphatic heterocycles. The Hall–Kier alpha value is -4.41. The van der Waals surface area contributed by atoms with E-state index in [1.807, 2.05) is 18.4 Å². The summed E-state index contributed by atoms with van der Waals surface area (Å²) in [6, 6.07) is 15.3. The van der Waals surface area contributed by atoms with Gasteiger partial charge in [0.05, 0.1) is 46.6 Å². The van der Waals surface area contributed by atoms with Gasteiger partial charge in [0, 0.05) is 29.0 Å². The fourth-order valence-corrected chi connectivity index (χ4v) is 5.68. The second-order valence-electron chi connectivity index (χ2n) is 11.4. The van der Waals surface area contributed by atoms with E-state index in [1.165, 1.54) is 30.3 Å². The summed E-state index contributed by atoms with van der Waals surface area (Å²) in [5, 5.41) is 9.77. The Labute approximate surface area is 255 Å². The molecule has 6 rings (SSSR count). The molecule has 1 N–H and O–H groups in total. The summed E-state index contributed by atoms with van der Waals surface area (Å²) >= 11 is 6.07. The highest BCUT2D eigenvalue weighted by atomic mass is 35.5. The van der Waals surface area contributed by atoms with Crippen LogP contribution in [-0.2, 0) is 17.8 Å². The van der Waals surface area contributed by atoms with E-state index in [1.54, 1.807) is 24.3 Å². The summed E-state index contributed by atoms with van der Waals surface area (Å²) in [5.41, 5.74) is 1.65. The average molecular weight is 622 g/mol. The van der Waals surface area contributed by atoms with Crippen molar-refractivity contribution in [2.45, 2.75) is 32.9 Å². The molecule has 1 saturated heterocycles. The average Bonchev–Trinajstić information content (AvgIpc) is 3.51. The van der Waals surface area contributed by atoms with Crippen molar-refractivity contribution in [1.82, 2.24) is 14.5 Å². The van der Waals surface area contributed by atoms with Crippen molar-refractivity contribution < 1.29 is 32.5 Å². The third-order valence-corrected chi connectivity index (χ3v) is 8.20. The Morgan fingerprint density at radius 3 is 2.59 bits per heavy atom. The summed E-state index contributed by atoms with van der Waals surface area (Å²) < 4.78 is 57.9. The van der Waals surface area contributed by atoms with Crippen LogP contribution in [-0.4, -0.2) is 38.8 Å². The molecule has 11 heteroatoms. The predicted octanol–water partition coefficient (Wildman–Crippen LogP) is 7.63. The summed E-state index contributed by atoms with van der Waals surface area (Å²) in [6.07, 6.45) is -0.0400. The topological polar surface area (TPSA) is 86.5 Å². The minimum atomic E-state index is -1.07. The first-order valence-electron chi connectivity index (χ1n) is 13.8. The largest absolute Gasteiger partial charge is 0.478 e. The molecule has 3 heterocycles. The molecule has 0 spiro atoms. The van der Waals surface area contributed by atoms with E-state index >= 15 is 8.78 Å². The summed E-state index contributed by atoms with van der Waals surface area (Å²) in [4.78, 5) is 20.7. The molecule has 0 aliphatic carbocycles. The lowest BCUT2D eigenvalue weighted by Crippen LogP contribution is -2.27. The van der Waals surface area contributed by atoms with Gasteiger partial charge in [-0.15, -0.1) is 0 Å². The van der Waals surface area contributed by atoms with Crippen LogP contribution in [0.3, 0.4) is 0 Å². The molecular weight excluding hydrogens is 595 g/mol. The minimum Gasteiger partial charge on any atom is -0.478 e. The number of pyridine rings is 1. The quantitative estimate of drug-likeness (QED) is 0.192. The number of aromatic nitrogens is 3. The van der Waals surface area contributed by atoms with Gasteiger partial charge in [0.25, 0.3) is 0 Å². The number of carboxylic acid groups (broad SMARTS) is 1. The highest BCUT2D eigenvalue weighted by molar-refractivity contribution is 6.31. The molecule has 226 valence electrons. The number of imidazole rings is 1. The van der Waals surface area contributed by atoms with Crippen LogP contribution in [0.4, 0.5) is 13.2 Å². The number of carboxylic acids is 1. The van der Waals surface area contributed by atoms with Crippen molar-refractivity contribution in [3.63, 3.8) is 0 Å². The van der Waals surface area contributed by atoms with E-state index in [4.69, 9.17) is 26.1 Å². The van der Waals surface area contributed by atoms with E-state index < -0.39 is 23.4 Å². The standard InChI is InChI=1S/C33H27ClF3N3O4/c1-33(2)17-43-16-29(33)40-28-11-18(32(41)42)7-9-27(28)38-30(40)12-20-10-25(37)22(14-24(20)36)26-4-3-5-31(39-26)44-15-19-6-8-21(35)13-23(19)34/h3-11,13-14,29H,12,15-17H2,1-2H3,(H,41,42). The van der Waals surface area contributed by atoms with Gasteiger partial charge in [-0.2, -0.15) is 0 Å². The van der Waals surface area contributed by atoms with Crippen LogP contribution in [0.15, 0.2) is 66.7 Å². The van der Waals surface area contributed by atoms with Crippen LogP contribution < -0.4 is 4.74 Å². The second-order valence-corrected chi connectivity index (χ2v) is 11.8. The fourth-order valence-electron chi connectivity index (χ4n) is 5.45. The molecule has 3 aromatic carbocycles. The van der Waals surface area contributed by atoms with Crippen molar-refractivity contribution in [2.75, 3.05) is 13.2 Å². The van der Waals surface area contributed by atoms with Crippen LogP contribution in [0, 0.1) is 22.9 Å². The van der Waals surface area contributed by atoms with Crippen LogP contribution in [0.5, 0.6) is 5.88 Å². The van der Waals surface area contributed by atoms with Crippen molar-refractivity contribution in [3.05, 3.63) is 112 Å². The molecule has 1 aliphatic rings. The number of fused-ring (bicyclic) bond motifs is 1. The summed E-state index contributed by atoms with van der Waals surface area (Å²) in [7, 11) is 0. The summed E-state index contributed by atoms with van der Waals surface area (Å²) in [6.45, 7) is 4.93. The summed E-state index contributed by atoms with van der Waals surface area (Å²) in [5.74, 6) is -2.27. The number of aromatic carboxylic acids is 1. The van der Waals surface area contributed by atoms with Gasteiger partial charge in [-0.3, -0.25) is 0 Å². The van der Waals surface area contributed by atoms with E-state index in [-0.39, 0.29) is 57.8 Å². The number of benzene rings is 3. The zero-order valence-corrected chi connectivity index (χ0v) is 24.5. The van der Waals surface area contributed by atoms with Crippen molar-refractivity contribution in [3.8, 4) is 17.1 Å². The number of halogens is 4. The number of nitrogens with zero attached hydrogens (tertiary/aromatic N) is 3. The molecule has 0 amide bonds. The van der Waals surface area contributed by atoms with E-state index in [2.05, 4.69) is 4.98 Å². The number of hydrogen-bond donors (Lipinski definition) is 1. The second kappa shape index (κ2) is 11.6. The molecule has 1 fully saturated rings. The Morgan fingerprint density at radius 2 is 1.86 bits per heavy atom. The van der Waals surface area contributed by atoms with Gasteiger partial charge in [-0.05, 0) is 54.1 Å². The van der Waals surface area contributed by atoms with Gasteiger partial charge >= 0.3 is 5.97 Å². The van der Waals surface area contributed by atoms with Crippen LogP contribution in [0.1, 0.15) is 47.2 Å². The zero-order chi connectivity index (χ0) is 31.2. The van der Waals surface area contributed by atoms with Crippen LogP contribution >= 0.6 is 11.6 Å². The maximum absolute atomic E-state index is 15.6. The van der Waals surface area contributed by atoms with Gasteiger partial charge in [0.15, 0.2) is 0 Å². The number of carbonyl (C=O) groups is 1. The molecule has 1 unspecified atom stereocenters. The van der Waals surface area contributed by atoms with E-state index in [0.717, 1.165) is 12.1 Å². The number of rotatable bonds is 8. The van der Waals surface area contributed by atoms with Crippen molar-refractivity contribution >= 4 is 28.6 Å². The normalized spacial score (nSPS) is 16.0. The van der Waals surface area contributed by atoms with Gasteiger partial charge in [0.2, 0.25) is 5.88 Å². The minimum absolute atomic E-state index is 0.00312.